The summed E-state index contributed by atoms with van der Waals surface area (Å²) in [6.45, 7) is 0.886. The van der Waals surface area contributed by atoms with Crippen LogP contribution in [0.5, 0.6) is 0 Å². The molecule has 1 saturated heterocycles. The summed E-state index contributed by atoms with van der Waals surface area (Å²) < 4.78 is 12.8. The van der Waals surface area contributed by atoms with E-state index in [-0.39, 0.29) is 30.2 Å². The smallest absolute Gasteiger partial charge is 0.244 e. The number of ether oxygens (including phenoxy) is 2. The molecule has 1 aromatic rings. The van der Waals surface area contributed by atoms with E-state index in [4.69, 9.17) is 9.47 Å². The van der Waals surface area contributed by atoms with E-state index in [0.29, 0.717) is 0 Å². The van der Waals surface area contributed by atoms with Gasteiger partial charge in [0.2, 0.25) is 5.91 Å². The average molecular weight is 295 g/mol. The second kappa shape index (κ2) is 5.69. The van der Waals surface area contributed by atoms with Gasteiger partial charge in [-0.15, -0.1) is 5.10 Å². The molecule has 1 aliphatic carbocycles. The molecule has 2 fully saturated rings. The van der Waals surface area contributed by atoms with Crippen molar-refractivity contribution in [2.45, 2.75) is 50.0 Å². The molecule has 8 nitrogen and oxygen atoms in total. The van der Waals surface area contributed by atoms with Crippen molar-refractivity contribution in [3.05, 3.63) is 6.33 Å². The summed E-state index contributed by atoms with van der Waals surface area (Å²) in [5.74, 6) is 0.0305. The number of methoxy groups -OCH3 is 2. The minimum atomic E-state index is -0.217. The number of amides is 1. The maximum absolute atomic E-state index is 12.5. The molecule has 0 N–H and O–H groups in total. The number of tetrazole rings is 1. The topological polar surface area (TPSA) is 82.4 Å². The summed E-state index contributed by atoms with van der Waals surface area (Å²) in [5, 5.41) is 10.9. The van der Waals surface area contributed by atoms with Crippen LogP contribution in [0, 0.1) is 0 Å². The Bertz CT molecular complexity index is 494. The van der Waals surface area contributed by atoms with Crippen LogP contribution in [0.2, 0.25) is 0 Å². The van der Waals surface area contributed by atoms with Crippen molar-refractivity contribution in [3.63, 3.8) is 0 Å². The van der Waals surface area contributed by atoms with Gasteiger partial charge >= 0.3 is 0 Å². The normalized spacial score (nSPS) is 32.2. The van der Waals surface area contributed by atoms with Crippen LogP contribution in [0.4, 0.5) is 0 Å². The molecule has 8 heteroatoms. The predicted molar refractivity (Wildman–Crippen MR) is 72.3 cm³/mol. The first-order valence-corrected chi connectivity index (χ1v) is 7.27. The Morgan fingerprint density at radius 2 is 2.29 bits per heavy atom. The van der Waals surface area contributed by atoms with Crippen molar-refractivity contribution >= 4 is 5.91 Å². The first kappa shape index (κ1) is 14.4. The molecule has 0 aromatic carbocycles. The van der Waals surface area contributed by atoms with E-state index in [0.717, 1.165) is 32.2 Å². The van der Waals surface area contributed by atoms with E-state index in [1.54, 1.807) is 14.2 Å². The summed E-state index contributed by atoms with van der Waals surface area (Å²) in [7, 11) is 3.47. The zero-order chi connectivity index (χ0) is 14.9. The van der Waals surface area contributed by atoms with Gasteiger partial charge in [0.25, 0.3) is 0 Å². The lowest BCUT2D eigenvalue weighted by atomic mass is 9.79. The maximum Gasteiger partial charge on any atom is 0.244 e. The van der Waals surface area contributed by atoms with E-state index in [2.05, 4.69) is 15.5 Å². The molecule has 1 aliphatic heterocycles. The highest BCUT2D eigenvalue weighted by Gasteiger charge is 2.52. The van der Waals surface area contributed by atoms with E-state index in [1.807, 2.05) is 4.90 Å². The van der Waals surface area contributed by atoms with E-state index in [1.165, 1.54) is 11.0 Å². The second-order valence-corrected chi connectivity index (χ2v) is 5.76. The first-order valence-electron chi connectivity index (χ1n) is 7.27. The summed E-state index contributed by atoms with van der Waals surface area (Å²) in [5.41, 5.74) is -0.217. The first-order chi connectivity index (χ1) is 10.2. The molecule has 0 bridgehead atoms. The number of nitrogens with zero attached hydrogens (tertiary/aromatic N) is 5. The number of carbonyl (C=O) groups excluding carboxylic acids is 1. The van der Waals surface area contributed by atoms with Crippen molar-refractivity contribution in [1.29, 1.82) is 0 Å². The number of fused-ring (bicyclic) bond motifs is 1. The van der Waals surface area contributed by atoms with E-state index >= 15 is 0 Å². The Morgan fingerprint density at radius 3 is 2.95 bits per heavy atom. The standard InChI is InChI=1S/C13H21N5O3/c1-20-10-3-4-13(21-2)5-6-18(11(13)7-10)12(19)8-17-9-14-15-16-17/h9-11H,3-8H2,1-2H3/t10-,11-,13+/m0/s1. The van der Waals surface area contributed by atoms with Gasteiger partial charge in [-0.2, -0.15) is 0 Å². The molecule has 0 radical (unpaired) electrons. The van der Waals surface area contributed by atoms with Gasteiger partial charge in [0.1, 0.15) is 12.9 Å². The van der Waals surface area contributed by atoms with Crippen LogP contribution < -0.4 is 0 Å². The lowest BCUT2D eigenvalue weighted by Gasteiger charge is -2.43. The Kier molecular flexibility index (Phi) is 3.90. The molecule has 116 valence electrons. The molecule has 3 atom stereocenters. The minimum absolute atomic E-state index is 0.0305. The number of hydrogen-bond donors (Lipinski definition) is 0. The third-order valence-corrected chi connectivity index (χ3v) is 4.88. The third kappa shape index (κ3) is 2.53. The third-order valence-electron chi connectivity index (χ3n) is 4.88. The van der Waals surface area contributed by atoms with Crippen LogP contribution in [0.1, 0.15) is 25.7 Å². The molecule has 21 heavy (non-hydrogen) atoms. The lowest BCUT2D eigenvalue weighted by molar-refractivity contribution is -0.141. The molecular weight excluding hydrogens is 274 g/mol. The van der Waals surface area contributed by atoms with Gasteiger partial charge in [-0.1, -0.05) is 0 Å². The van der Waals surface area contributed by atoms with Crippen molar-refractivity contribution in [3.8, 4) is 0 Å². The van der Waals surface area contributed by atoms with Crippen molar-refractivity contribution in [1.82, 2.24) is 25.1 Å². The molecule has 0 spiro atoms. The molecule has 3 rings (SSSR count). The van der Waals surface area contributed by atoms with Gasteiger partial charge in [-0.25, -0.2) is 4.68 Å². The van der Waals surface area contributed by atoms with Gasteiger partial charge in [0.05, 0.1) is 17.7 Å². The second-order valence-electron chi connectivity index (χ2n) is 5.76. The minimum Gasteiger partial charge on any atom is -0.381 e. The fourth-order valence-electron chi connectivity index (χ4n) is 3.66. The molecule has 1 amide bonds. The number of likely N-dealkylation sites (tertiary alicyclic amines) is 1. The Morgan fingerprint density at radius 1 is 1.43 bits per heavy atom. The SMILES string of the molecule is CO[C@H]1CC[C@@]2(OC)CCN(C(=O)Cn3cnnn3)[C@H]2C1. The summed E-state index contributed by atoms with van der Waals surface area (Å²) >= 11 is 0. The molecule has 0 unspecified atom stereocenters. The highest BCUT2D eigenvalue weighted by Crippen LogP contribution is 2.43. The fourth-order valence-corrected chi connectivity index (χ4v) is 3.66. The van der Waals surface area contributed by atoms with Crippen LogP contribution in [0.3, 0.4) is 0 Å². The van der Waals surface area contributed by atoms with E-state index in [9.17, 15) is 4.79 Å². The number of carbonyl (C=O) groups is 1. The highest BCUT2D eigenvalue weighted by atomic mass is 16.5. The van der Waals surface area contributed by atoms with Crippen LogP contribution >= 0.6 is 0 Å². The van der Waals surface area contributed by atoms with Crippen molar-refractivity contribution < 1.29 is 14.3 Å². The Labute approximate surface area is 123 Å². The zero-order valence-corrected chi connectivity index (χ0v) is 12.4. The van der Waals surface area contributed by atoms with Crippen molar-refractivity contribution in [2.75, 3.05) is 20.8 Å². The Balaban J connectivity index is 1.75. The molecule has 2 heterocycles. The number of rotatable bonds is 4. The average Bonchev–Trinajstić information content (AvgIpc) is 3.13. The summed E-state index contributed by atoms with van der Waals surface area (Å²) in [4.78, 5) is 14.4. The zero-order valence-electron chi connectivity index (χ0n) is 12.4. The van der Waals surface area contributed by atoms with Gasteiger partial charge in [-0.3, -0.25) is 4.79 Å². The lowest BCUT2D eigenvalue weighted by Crippen LogP contribution is -2.53. The van der Waals surface area contributed by atoms with Crippen LogP contribution in [-0.2, 0) is 20.8 Å². The monoisotopic (exact) mass is 295 g/mol. The molecule has 1 saturated carbocycles. The quantitative estimate of drug-likeness (QED) is 0.769. The Hall–Kier alpha value is -1.54. The van der Waals surface area contributed by atoms with Crippen LogP contribution in [0.25, 0.3) is 0 Å². The highest BCUT2D eigenvalue weighted by molar-refractivity contribution is 5.76. The summed E-state index contributed by atoms with van der Waals surface area (Å²) in [6, 6.07) is 0.0742. The van der Waals surface area contributed by atoms with Gasteiger partial charge in [-0.05, 0) is 36.1 Å². The molecule has 1 aromatic heterocycles. The maximum atomic E-state index is 12.5. The molecule has 2 aliphatic rings. The van der Waals surface area contributed by atoms with Crippen LogP contribution in [-0.4, -0.2) is 69.5 Å². The van der Waals surface area contributed by atoms with E-state index < -0.39 is 0 Å². The molecular formula is C13H21N5O3. The predicted octanol–water partition coefficient (Wildman–Crippen LogP) is -0.142. The van der Waals surface area contributed by atoms with Gasteiger partial charge < -0.3 is 14.4 Å². The van der Waals surface area contributed by atoms with Gasteiger partial charge in [0, 0.05) is 20.8 Å². The number of aromatic nitrogens is 4. The summed E-state index contributed by atoms with van der Waals surface area (Å²) in [6.07, 6.45) is 5.27. The fraction of sp³-hybridized carbons (Fsp3) is 0.846. The largest absolute Gasteiger partial charge is 0.381 e. The van der Waals surface area contributed by atoms with Crippen molar-refractivity contribution in [2.24, 2.45) is 0 Å². The van der Waals surface area contributed by atoms with Gasteiger partial charge in [0.15, 0.2) is 0 Å². The van der Waals surface area contributed by atoms with Crippen LogP contribution in [0.15, 0.2) is 6.33 Å². The number of hydrogen-bond acceptors (Lipinski definition) is 6.